The van der Waals surface area contributed by atoms with E-state index in [9.17, 15) is 26.4 Å². The van der Waals surface area contributed by atoms with Crippen LogP contribution < -0.4 is 4.72 Å². The van der Waals surface area contributed by atoms with E-state index in [1.807, 2.05) is 0 Å². The van der Waals surface area contributed by atoms with E-state index in [4.69, 9.17) is 0 Å². The number of carbonyl (C=O) groups is 1. The van der Waals surface area contributed by atoms with Gasteiger partial charge in [-0.15, -0.1) is 0 Å². The maximum atomic E-state index is 12.7. The zero-order valence-corrected chi connectivity index (χ0v) is 13.4. The van der Waals surface area contributed by atoms with Crippen molar-refractivity contribution in [3.05, 3.63) is 65.2 Å². The Morgan fingerprint density at radius 2 is 1.75 bits per heavy atom. The molecule has 0 unspecified atom stereocenters. The molecule has 2 rings (SSSR count). The Labute approximate surface area is 137 Å². The van der Waals surface area contributed by atoms with Crippen molar-refractivity contribution in [1.29, 1.82) is 0 Å². The van der Waals surface area contributed by atoms with Crippen LogP contribution in [-0.2, 0) is 22.7 Å². The molecule has 2 aromatic rings. The summed E-state index contributed by atoms with van der Waals surface area (Å²) >= 11 is 0. The highest BCUT2D eigenvalue weighted by atomic mass is 32.2. The van der Waals surface area contributed by atoms with Gasteiger partial charge in [-0.05, 0) is 30.7 Å². The molecular formula is C16H14F3NO3S. The zero-order valence-electron chi connectivity index (χ0n) is 12.6. The summed E-state index contributed by atoms with van der Waals surface area (Å²) in [4.78, 5) is 11.2. The maximum absolute atomic E-state index is 12.7. The highest BCUT2D eigenvalue weighted by Crippen LogP contribution is 2.29. The van der Waals surface area contributed by atoms with E-state index in [0.717, 1.165) is 12.1 Å². The number of alkyl halides is 3. The summed E-state index contributed by atoms with van der Waals surface area (Å²) in [7, 11) is -3.95. The van der Waals surface area contributed by atoms with Crippen LogP contribution in [-0.4, -0.2) is 14.2 Å². The maximum Gasteiger partial charge on any atom is 0.416 e. The number of ketones is 1. The lowest BCUT2D eigenvalue weighted by Crippen LogP contribution is -2.23. The van der Waals surface area contributed by atoms with Crippen molar-refractivity contribution < 1.29 is 26.4 Å². The molecule has 0 heterocycles. The third-order valence-electron chi connectivity index (χ3n) is 3.27. The SMILES string of the molecule is CC(=O)c1cccc(S(=O)(=O)NCc2cccc(C(F)(F)F)c2)c1. The lowest BCUT2D eigenvalue weighted by molar-refractivity contribution is -0.137. The number of Topliss-reactive ketones (excluding diaryl/α,β-unsaturated/α-hetero) is 1. The van der Waals surface area contributed by atoms with Crippen molar-refractivity contribution in [1.82, 2.24) is 4.72 Å². The van der Waals surface area contributed by atoms with Crippen molar-refractivity contribution in [3.8, 4) is 0 Å². The average Bonchev–Trinajstić information content (AvgIpc) is 2.52. The summed E-state index contributed by atoms with van der Waals surface area (Å²) in [6.07, 6.45) is -4.50. The Morgan fingerprint density at radius 3 is 2.38 bits per heavy atom. The summed E-state index contributed by atoms with van der Waals surface area (Å²) < 4.78 is 64.6. The molecule has 0 aromatic heterocycles. The molecule has 0 atom stereocenters. The topological polar surface area (TPSA) is 63.2 Å². The van der Waals surface area contributed by atoms with Gasteiger partial charge >= 0.3 is 6.18 Å². The van der Waals surface area contributed by atoms with Crippen LogP contribution >= 0.6 is 0 Å². The second kappa shape index (κ2) is 6.74. The smallest absolute Gasteiger partial charge is 0.295 e. The van der Waals surface area contributed by atoms with Gasteiger partial charge in [-0.3, -0.25) is 4.79 Å². The molecule has 2 aromatic carbocycles. The minimum Gasteiger partial charge on any atom is -0.295 e. The third-order valence-corrected chi connectivity index (χ3v) is 4.67. The molecule has 128 valence electrons. The molecule has 0 aliphatic carbocycles. The van der Waals surface area contributed by atoms with Gasteiger partial charge in [-0.1, -0.05) is 30.3 Å². The van der Waals surface area contributed by atoms with E-state index in [2.05, 4.69) is 4.72 Å². The van der Waals surface area contributed by atoms with Crippen LogP contribution in [0.25, 0.3) is 0 Å². The molecule has 0 saturated heterocycles. The summed E-state index contributed by atoms with van der Waals surface area (Å²) in [5, 5.41) is 0. The van der Waals surface area contributed by atoms with Gasteiger partial charge in [0.2, 0.25) is 10.0 Å². The Morgan fingerprint density at radius 1 is 1.08 bits per heavy atom. The Kier molecular flexibility index (Phi) is 5.10. The van der Waals surface area contributed by atoms with Gasteiger partial charge in [0.15, 0.2) is 5.78 Å². The van der Waals surface area contributed by atoms with Crippen LogP contribution in [0.4, 0.5) is 13.2 Å². The number of halogens is 3. The van der Waals surface area contributed by atoms with Gasteiger partial charge in [0, 0.05) is 12.1 Å². The quantitative estimate of drug-likeness (QED) is 0.835. The van der Waals surface area contributed by atoms with Gasteiger partial charge < -0.3 is 0 Å². The second-order valence-electron chi connectivity index (χ2n) is 5.11. The first-order valence-electron chi connectivity index (χ1n) is 6.86. The number of carbonyl (C=O) groups excluding carboxylic acids is 1. The van der Waals surface area contributed by atoms with E-state index in [0.29, 0.717) is 0 Å². The van der Waals surface area contributed by atoms with Crippen LogP contribution in [0.5, 0.6) is 0 Å². The summed E-state index contributed by atoms with van der Waals surface area (Å²) in [5.74, 6) is -0.287. The minimum absolute atomic E-state index is 0.123. The summed E-state index contributed by atoms with van der Waals surface area (Å²) in [6.45, 7) is 1.01. The molecule has 0 saturated carbocycles. The molecular weight excluding hydrogens is 343 g/mol. The Hall–Kier alpha value is -2.19. The summed E-state index contributed by atoms with van der Waals surface area (Å²) in [5.41, 5.74) is -0.439. The van der Waals surface area contributed by atoms with Gasteiger partial charge in [-0.2, -0.15) is 13.2 Å². The molecule has 0 radical (unpaired) electrons. The van der Waals surface area contributed by atoms with Crippen molar-refractivity contribution in [2.75, 3.05) is 0 Å². The van der Waals surface area contributed by atoms with Crippen LogP contribution in [0.15, 0.2) is 53.4 Å². The number of rotatable bonds is 5. The molecule has 4 nitrogen and oxygen atoms in total. The molecule has 24 heavy (non-hydrogen) atoms. The zero-order chi connectivity index (χ0) is 18.0. The Balaban J connectivity index is 2.19. The van der Waals surface area contributed by atoms with Crippen LogP contribution in [0.2, 0.25) is 0 Å². The highest BCUT2D eigenvalue weighted by molar-refractivity contribution is 7.89. The molecule has 0 fully saturated rings. The first-order valence-corrected chi connectivity index (χ1v) is 8.35. The first-order chi connectivity index (χ1) is 11.1. The minimum atomic E-state index is -4.50. The van der Waals surface area contributed by atoms with Gasteiger partial charge in [0.05, 0.1) is 10.5 Å². The molecule has 0 amide bonds. The van der Waals surface area contributed by atoms with Crippen molar-refractivity contribution >= 4 is 15.8 Å². The molecule has 0 aliphatic heterocycles. The fourth-order valence-electron chi connectivity index (χ4n) is 2.00. The summed E-state index contributed by atoms with van der Waals surface area (Å²) in [6, 6.07) is 9.83. The van der Waals surface area contributed by atoms with E-state index in [-0.39, 0.29) is 28.4 Å². The predicted octanol–water partition coefficient (Wildman–Crippen LogP) is 3.39. The molecule has 1 N–H and O–H groups in total. The van der Waals surface area contributed by atoms with Crippen molar-refractivity contribution in [2.45, 2.75) is 24.5 Å². The van der Waals surface area contributed by atoms with Crippen molar-refractivity contribution in [3.63, 3.8) is 0 Å². The molecule has 0 bridgehead atoms. The molecule has 0 spiro atoms. The van der Waals surface area contributed by atoms with Crippen molar-refractivity contribution in [2.24, 2.45) is 0 Å². The Bertz CT molecular complexity index is 861. The van der Waals surface area contributed by atoms with E-state index >= 15 is 0 Å². The standard InChI is InChI=1S/C16H14F3NO3S/c1-11(21)13-5-3-7-15(9-13)24(22,23)20-10-12-4-2-6-14(8-12)16(17,18)19/h2-9,20H,10H2,1H3. The van der Waals surface area contributed by atoms with E-state index in [1.54, 1.807) is 0 Å². The fourth-order valence-corrected chi connectivity index (χ4v) is 3.06. The highest BCUT2D eigenvalue weighted by Gasteiger charge is 2.30. The fraction of sp³-hybridized carbons (Fsp3) is 0.188. The second-order valence-corrected chi connectivity index (χ2v) is 6.87. The molecule has 0 aliphatic rings. The van der Waals surface area contributed by atoms with E-state index < -0.39 is 21.8 Å². The molecule has 8 heteroatoms. The normalized spacial score (nSPS) is 12.2. The van der Waals surface area contributed by atoms with Crippen LogP contribution in [0.1, 0.15) is 28.4 Å². The number of benzene rings is 2. The average molecular weight is 357 g/mol. The van der Waals surface area contributed by atoms with Gasteiger partial charge in [0.25, 0.3) is 0 Å². The monoisotopic (exact) mass is 357 g/mol. The largest absolute Gasteiger partial charge is 0.416 e. The number of nitrogens with one attached hydrogen (secondary N) is 1. The third kappa shape index (κ3) is 4.42. The number of hydrogen-bond donors (Lipinski definition) is 1. The van der Waals surface area contributed by atoms with Gasteiger partial charge in [-0.25, -0.2) is 13.1 Å². The van der Waals surface area contributed by atoms with Crippen LogP contribution in [0.3, 0.4) is 0 Å². The van der Waals surface area contributed by atoms with Crippen LogP contribution in [0, 0.1) is 0 Å². The lowest BCUT2D eigenvalue weighted by atomic mass is 10.1. The first kappa shape index (κ1) is 18.2. The van der Waals surface area contributed by atoms with Gasteiger partial charge in [0.1, 0.15) is 0 Å². The predicted molar refractivity (Wildman–Crippen MR) is 81.9 cm³/mol. The number of sulfonamides is 1. The number of hydrogen-bond acceptors (Lipinski definition) is 3. The lowest BCUT2D eigenvalue weighted by Gasteiger charge is -2.10. The van der Waals surface area contributed by atoms with E-state index in [1.165, 1.54) is 43.3 Å².